The van der Waals surface area contributed by atoms with Crippen LogP contribution in [0.5, 0.6) is 0 Å². The zero-order valence-corrected chi connectivity index (χ0v) is 18.6. The number of alkyl carbamates (subject to hydrolysis) is 1. The summed E-state index contributed by atoms with van der Waals surface area (Å²) in [6, 6.07) is 13.4. The molecule has 0 radical (unpaired) electrons. The van der Waals surface area contributed by atoms with E-state index in [1.54, 1.807) is 6.92 Å². The maximum Gasteiger partial charge on any atom is 0.407 e. The first kappa shape index (κ1) is 23.7. The summed E-state index contributed by atoms with van der Waals surface area (Å²) in [7, 11) is 0. The lowest BCUT2D eigenvalue weighted by atomic mass is 9.98. The summed E-state index contributed by atoms with van der Waals surface area (Å²) in [5.41, 5.74) is 4.32. The maximum absolute atomic E-state index is 14.0. The molecule has 9 heteroatoms. The van der Waals surface area contributed by atoms with E-state index in [1.165, 1.54) is 0 Å². The lowest BCUT2D eigenvalue weighted by Gasteiger charge is -2.25. The SMILES string of the molecule is C[C@@H](CC(=O)NC(C1CC1)C(F)(F)C(=O)O)NC(=O)OCC1c2ccccc2-c2ccccc21. The lowest BCUT2D eigenvalue weighted by molar-refractivity contribution is -0.171. The molecule has 0 aromatic heterocycles. The van der Waals surface area contributed by atoms with Crippen LogP contribution < -0.4 is 10.6 Å². The first-order valence-electron chi connectivity index (χ1n) is 11.2. The third-order valence-electron chi connectivity index (χ3n) is 6.29. The highest BCUT2D eigenvalue weighted by molar-refractivity contribution is 5.82. The van der Waals surface area contributed by atoms with Gasteiger partial charge in [0.25, 0.3) is 0 Å². The topological polar surface area (TPSA) is 105 Å². The number of alkyl halides is 2. The minimum absolute atomic E-state index is 0.105. The number of carboxylic acid groups (broad SMARTS) is 1. The van der Waals surface area contributed by atoms with E-state index in [2.05, 4.69) is 10.6 Å². The molecular formula is C25H26F2N2O5. The standard InChI is InChI=1S/C25H26F2N2O5/c1-14(12-21(30)29-22(15-10-11-15)25(26,27)23(31)32)28-24(33)34-13-20-18-8-4-2-6-16(18)17-7-3-5-9-19(17)20/h2-9,14-15,20,22H,10-13H2,1H3,(H,28,33)(H,29,30)(H,31,32)/t14-,22?/m0/s1. The van der Waals surface area contributed by atoms with Crippen LogP contribution in [0.1, 0.15) is 43.2 Å². The van der Waals surface area contributed by atoms with Crippen molar-refractivity contribution < 1.29 is 33.0 Å². The van der Waals surface area contributed by atoms with Gasteiger partial charge in [0, 0.05) is 18.4 Å². The van der Waals surface area contributed by atoms with E-state index in [0.717, 1.165) is 22.3 Å². The second-order valence-electron chi connectivity index (χ2n) is 8.89. The Labute approximate surface area is 195 Å². The molecule has 34 heavy (non-hydrogen) atoms. The molecule has 2 aromatic rings. The number of halogens is 2. The van der Waals surface area contributed by atoms with Crippen molar-refractivity contribution in [2.45, 2.75) is 50.1 Å². The lowest BCUT2D eigenvalue weighted by Crippen LogP contribution is -2.54. The number of amides is 2. The number of benzene rings is 2. The van der Waals surface area contributed by atoms with Crippen LogP contribution >= 0.6 is 0 Å². The number of carbonyl (C=O) groups is 3. The molecule has 1 saturated carbocycles. The van der Waals surface area contributed by atoms with Crippen molar-refractivity contribution in [3.63, 3.8) is 0 Å². The van der Waals surface area contributed by atoms with Gasteiger partial charge in [-0.25, -0.2) is 9.59 Å². The van der Waals surface area contributed by atoms with Gasteiger partial charge in [-0.05, 0) is 47.9 Å². The number of aliphatic carboxylic acids is 1. The summed E-state index contributed by atoms with van der Waals surface area (Å²) < 4.78 is 33.4. The summed E-state index contributed by atoms with van der Waals surface area (Å²) in [5, 5.41) is 13.5. The number of nitrogens with one attached hydrogen (secondary N) is 2. The second kappa shape index (κ2) is 9.40. The van der Waals surface area contributed by atoms with Gasteiger partial charge in [-0.3, -0.25) is 4.79 Å². The fraction of sp³-hybridized carbons (Fsp3) is 0.400. The quantitative estimate of drug-likeness (QED) is 0.513. The van der Waals surface area contributed by atoms with Gasteiger partial charge >= 0.3 is 18.0 Å². The normalized spacial score (nSPS) is 16.7. The minimum atomic E-state index is -4.06. The molecule has 0 heterocycles. The molecule has 2 amide bonds. The van der Waals surface area contributed by atoms with E-state index in [0.29, 0.717) is 12.8 Å². The first-order valence-corrected chi connectivity index (χ1v) is 11.2. The third kappa shape index (κ3) is 4.88. The van der Waals surface area contributed by atoms with Gasteiger partial charge in [0.15, 0.2) is 0 Å². The molecule has 0 aliphatic heterocycles. The predicted molar refractivity (Wildman–Crippen MR) is 120 cm³/mol. The minimum Gasteiger partial charge on any atom is -0.477 e. The Morgan fingerprint density at radius 1 is 1.03 bits per heavy atom. The molecule has 3 N–H and O–H groups in total. The van der Waals surface area contributed by atoms with Crippen LogP contribution in [0.2, 0.25) is 0 Å². The predicted octanol–water partition coefficient (Wildman–Crippen LogP) is 3.92. The highest BCUT2D eigenvalue weighted by Crippen LogP contribution is 2.44. The number of fused-ring (bicyclic) bond motifs is 3. The largest absolute Gasteiger partial charge is 0.477 e. The number of hydrogen-bond donors (Lipinski definition) is 3. The Kier molecular flexibility index (Phi) is 6.54. The summed E-state index contributed by atoms with van der Waals surface area (Å²) in [6.07, 6.45) is -0.150. The van der Waals surface area contributed by atoms with E-state index >= 15 is 0 Å². The Hall–Kier alpha value is -3.49. The van der Waals surface area contributed by atoms with Gasteiger partial charge in [-0.2, -0.15) is 8.78 Å². The van der Waals surface area contributed by atoms with Crippen molar-refractivity contribution in [1.82, 2.24) is 10.6 Å². The highest BCUT2D eigenvalue weighted by Gasteiger charge is 2.54. The van der Waals surface area contributed by atoms with Crippen molar-refractivity contribution in [2.75, 3.05) is 6.61 Å². The van der Waals surface area contributed by atoms with Crippen LogP contribution in [0.25, 0.3) is 11.1 Å². The van der Waals surface area contributed by atoms with E-state index in [-0.39, 0.29) is 18.9 Å². The number of hydrogen-bond acceptors (Lipinski definition) is 4. The number of carbonyl (C=O) groups excluding carboxylic acids is 2. The van der Waals surface area contributed by atoms with E-state index < -0.39 is 41.9 Å². The van der Waals surface area contributed by atoms with E-state index in [1.807, 2.05) is 48.5 Å². The Morgan fingerprint density at radius 3 is 2.12 bits per heavy atom. The summed E-state index contributed by atoms with van der Waals surface area (Å²) in [6.45, 7) is 1.65. The monoisotopic (exact) mass is 472 g/mol. The van der Waals surface area contributed by atoms with Gasteiger partial charge in [-0.1, -0.05) is 48.5 Å². The van der Waals surface area contributed by atoms with Crippen molar-refractivity contribution in [1.29, 1.82) is 0 Å². The molecule has 7 nitrogen and oxygen atoms in total. The molecule has 0 spiro atoms. The van der Waals surface area contributed by atoms with Crippen LogP contribution in [-0.4, -0.2) is 47.7 Å². The van der Waals surface area contributed by atoms with Crippen LogP contribution in [0.3, 0.4) is 0 Å². The number of ether oxygens (including phenoxy) is 1. The Balaban J connectivity index is 1.30. The van der Waals surface area contributed by atoms with Crippen molar-refractivity contribution in [2.24, 2.45) is 5.92 Å². The molecule has 0 saturated heterocycles. The smallest absolute Gasteiger partial charge is 0.407 e. The summed E-state index contributed by atoms with van der Waals surface area (Å²) in [5.74, 6) is -7.77. The Bertz CT molecular complexity index is 1060. The van der Waals surface area contributed by atoms with Crippen molar-refractivity contribution in [3.05, 3.63) is 59.7 Å². The van der Waals surface area contributed by atoms with Crippen LogP contribution in [0, 0.1) is 5.92 Å². The fourth-order valence-corrected chi connectivity index (χ4v) is 4.47. The van der Waals surface area contributed by atoms with Gasteiger partial charge in [-0.15, -0.1) is 0 Å². The van der Waals surface area contributed by atoms with Gasteiger partial charge < -0.3 is 20.5 Å². The zero-order chi connectivity index (χ0) is 24.5. The van der Waals surface area contributed by atoms with Crippen LogP contribution in [-0.2, 0) is 14.3 Å². The molecule has 2 aliphatic rings. The van der Waals surface area contributed by atoms with Crippen LogP contribution in [0.15, 0.2) is 48.5 Å². The molecule has 2 aromatic carbocycles. The van der Waals surface area contributed by atoms with Gasteiger partial charge in [0.05, 0.1) is 0 Å². The average molecular weight is 472 g/mol. The summed E-state index contributed by atoms with van der Waals surface area (Å²) in [4.78, 5) is 35.5. The zero-order valence-electron chi connectivity index (χ0n) is 18.6. The fourth-order valence-electron chi connectivity index (χ4n) is 4.47. The highest BCUT2D eigenvalue weighted by atomic mass is 19.3. The van der Waals surface area contributed by atoms with Crippen LogP contribution in [0.4, 0.5) is 13.6 Å². The molecule has 4 rings (SSSR count). The molecule has 1 fully saturated rings. The average Bonchev–Trinajstić information content (AvgIpc) is 3.58. The first-order chi connectivity index (χ1) is 16.2. The molecular weight excluding hydrogens is 446 g/mol. The van der Waals surface area contributed by atoms with E-state index in [9.17, 15) is 23.2 Å². The molecule has 2 aliphatic carbocycles. The van der Waals surface area contributed by atoms with Gasteiger partial charge in [0.1, 0.15) is 12.6 Å². The van der Waals surface area contributed by atoms with Gasteiger partial charge in [0.2, 0.25) is 5.91 Å². The van der Waals surface area contributed by atoms with E-state index in [4.69, 9.17) is 9.84 Å². The molecule has 2 atom stereocenters. The third-order valence-corrected chi connectivity index (χ3v) is 6.29. The maximum atomic E-state index is 14.0. The molecule has 0 bridgehead atoms. The molecule has 1 unspecified atom stereocenters. The number of rotatable bonds is 9. The summed E-state index contributed by atoms with van der Waals surface area (Å²) >= 11 is 0. The Morgan fingerprint density at radius 2 is 1.59 bits per heavy atom. The number of carboxylic acids is 1. The second-order valence-corrected chi connectivity index (χ2v) is 8.89. The van der Waals surface area contributed by atoms with Crippen molar-refractivity contribution in [3.8, 4) is 11.1 Å². The van der Waals surface area contributed by atoms with Crippen molar-refractivity contribution >= 4 is 18.0 Å². The molecule has 180 valence electrons.